The van der Waals surface area contributed by atoms with Crippen molar-refractivity contribution >= 4 is 11.0 Å². The Bertz CT molecular complexity index is 525. The average molecular weight is 244 g/mol. The fourth-order valence-corrected chi connectivity index (χ4v) is 2.67. The fraction of sp³-hybridized carbons (Fsp3) is 0.562. The molecule has 1 aromatic carbocycles. The Hall–Kier alpha value is -1.31. The number of hydrogen-bond acceptors (Lipinski definition) is 1. The summed E-state index contributed by atoms with van der Waals surface area (Å²) in [6.45, 7) is 8.79. The summed E-state index contributed by atoms with van der Waals surface area (Å²) in [7, 11) is 0. The minimum atomic E-state index is 0.581. The van der Waals surface area contributed by atoms with Gasteiger partial charge in [0.2, 0.25) is 0 Å². The summed E-state index contributed by atoms with van der Waals surface area (Å²) < 4.78 is 0. The maximum Gasteiger partial charge on any atom is 0.110 e. The van der Waals surface area contributed by atoms with Gasteiger partial charge in [-0.05, 0) is 43.9 Å². The molecule has 1 unspecified atom stereocenters. The van der Waals surface area contributed by atoms with Gasteiger partial charge >= 0.3 is 0 Å². The molecule has 2 rings (SSSR count). The summed E-state index contributed by atoms with van der Waals surface area (Å²) in [6.07, 6.45) is 4.95. The SMILES string of the molecule is CCCCC(CC)c1nc2c(C)cc(C)cc2[nH]1. The molecule has 0 amide bonds. The topological polar surface area (TPSA) is 28.7 Å². The molecule has 0 fully saturated rings. The number of rotatable bonds is 5. The van der Waals surface area contributed by atoms with Gasteiger partial charge in [0, 0.05) is 5.92 Å². The zero-order valence-corrected chi connectivity index (χ0v) is 12.0. The van der Waals surface area contributed by atoms with E-state index < -0.39 is 0 Å². The molecule has 2 nitrogen and oxygen atoms in total. The predicted octanol–water partition coefficient (Wildman–Crippen LogP) is 4.86. The Balaban J connectivity index is 2.36. The van der Waals surface area contributed by atoms with Gasteiger partial charge in [0.25, 0.3) is 0 Å². The van der Waals surface area contributed by atoms with Crippen LogP contribution in [0.25, 0.3) is 11.0 Å². The summed E-state index contributed by atoms with van der Waals surface area (Å²) in [6, 6.07) is 4.41. The fourth-order valence-electron chi connectivity index (χ4n) is 2.67. The Labute approximate surface area is 110 Å². The Kier molecular flexibility index (Phi) is 4.05. The quantitative estimate of drug-likeness (QED) is 0.799. The summed E-state index contributed by atoms with van der Waals surface area (Å²) in [5, 5.41) is 0. The van der Waals surface area contributed by atoms with E-state index in [9.17, 15) is 0 Å². The molecule has 0 aliphatic carbocycles. The van der Waals surface area contributed by atoms with Crippen LogP contribution in [0.15, 0.2) is 12.1 Å². The van der Waals surface area contributed by atoms with Gasteiger partial charge in [0.05, 0.1) is 11.0 Å². The Morgan fingerprint density at radius 2 is 2.00 bits per heavy atom. The molecular weight excluding hydrogens is 220 g/mol. The highest BCUT2D eigenvalue weighted by atomic mass is 14.9. The van der Waals surface area contributed by atoms with Crippen molar-refractivity contribution in [1.82, 2.24) is 9.97 Å². The Morgan fingerprint density at radius 1 is 1.22 bits per heavy atom. The van der Waals surface area contributed by atoms with Crippen molar-refractivity contribution < 1.29 is 0 Å². The monoisotopic (exact) mass is 244 g/mol. The molecule has 2 aromatic rings. The second kappa shape index (κ2) is 5.55. The van der Waals surface area contributed by atoms with Crippen molar-refractivity contribution in [1.29, 1.82) is 0 Å². The van der Waals surface area contributed by atoms with Crippen LogP contribution in [0.2, 0.25) is 0 Å². The first-order valence-electron chi connectivity index (χ1n) is 7.12. The van der Waals surface area contributed by atoms with Crippen molar-refractivity contribution in [2.45, 2.75) is 59.3 Å². The van der Waals surface area contributed by atoms with Crippen LogP contribution in [0.4, 0.5) is 0 Å². The van der Waals surface area contributed by atoms with Crippen molar-refractivity contribution in [3.63, 3.8) is 0 Å². The number of benzene rings is 1. The highest BCUT2D eigenvalue weighted by molar-refractivity contribution is 5.79. The van der Waals surface area contributed by atoms with E-state index in [4.69, 9.17) is 4.98 Å². The molecule has 0 saturated carbocycles. The number of nitrogens with one attached hydrogen (secondary N) is 1. The lowest BCUT2D eigenvalue weighted by Crippen LogP contribution is -1.99. The van der Waals surface area contributed by atoms with Gasteiger partial charge < -0.3 is 4.98 Å². The van der Waals surface area contributed by atoms with Crippen molar-refractivity contribution in [2.24, 2.45) is 0 Å². The third-order valence-electron chi connectivity index (χ3n) is 3.73. The number of imidazole rings is 1. The Morgan fingerprint density at radius 3 is 2.67 bits per heavy atom. The van der Waals surface area contributed by atoms with Gasteiger partial charge in [-0.1, -0.05) is 32.8 Å². The summed E-state index contributed by atoms with van der Waals surface area (Å²) in [4.78, 5) is 8.35. The molecule has 2 heteroatoms. The maximum absolute atomic E-state index is 4.82. The van der Waals surface area contributed by atoms with Crippen LogP contribution in [-0.2, 0) is 0 Å². The molecular formula is C16H24N2. The largest absolute Gasteiger partial charge is 0.342 e. The number of aromatic nitrogens is 2. The highest BCUT2D eigenvalue weighted by Gasteiger charge is 2.14. The van der Waals surface area contributed by atoms with E-state index in [0.29, 0.717) is 5.92 Å². The van der Waals surface area contributed by atoms with Crippen LogP contribution in [0, 0.1) is 13.8 Å². The lowest BCUT2D eigenvalue weighted by molar-refractivity contribution is 0.549. The predicted molar refractivity (Wildman–Crippen MR) is 78.1 cm³/mol. The first kappa shape index (κ1) is 13.1. The van der Waals surface area contributed by atoms with Gasteiger partial charge in [0.1, 0.15) is 5.82 Å². The zero-order valence-electron chi connectivity index (χ0n) is 12.0. The first-order valence-corrected chi connectivity index (χ1v) is 7.12. The van der Waals surface area contributed by atoms with Crippen LogP contribution in [-0.4, -0.2) is 9.97 Å². The lowest BCUT2D eigenvalue weighted by atomic mass is 9.99. The van der Waals surface area contributed by atoms with E-state index in [0.717, 1.165) is 11.9 Å². The first-order chi connectivity index (χ1) is 8.65. The summed E-state index contributed by atoms with van der Waals surface area (Å²) >= 11 is 0. The van der Waals surface area contributed by atoms with Crippen LogP contribution in [0.3, 0.4) is 0 Å². The number of H-pyrrole nitrogens is 1. The lowest BCUT2D eigenvalue weighted by Gasteiger charge is -2.10. The molecule has 1 atom stereocenters. The number of aryl methyl sites for hydroxylation is 2. The van der Waals surface area contributed by atoms with Gasteiger partial charge in [0.15, 0.2) is 0 Å². The zero-order chi connectivity index (χ0) is 13.1. The minimum absolute atomic E-state index is 0.581. The van der Waals surface area contributed by atoms with E-state index in [-0.39, 0.29) is 0 Å². The summed E-state index contributed by atoms with van der Waals surface area (Å²) in [5.74, 6) is 1.76. The number of nitrogens with zero attached hydrogens (tertiary/aromatic N) is 1. The smallest absolute Gasteiger partial charge is 0.110 e. The standard InChI is InChI=1S/C16H24N2/c1-5-7-8-13(6-2)16-17-14-10-11(3)9-12(4)15(14)18-16/h9-10,13H,5-8H2,1-4H3,(H,17,18). The summed E-state index contributed by atoms with van der Waals surface area (Å²) in [5.41, 5.74) is 4.91. The van der Waals surface area contributed by atoms with Crippen LogP contribution < -0.4 is 0 Å². The van der Waals surface area contributed by atoms with E-state index in [1.165, 1.54) is 41.7 Å². The van der Waals surface area contributed by atoms with Gasteiger partial charge in [-0.2, -0.15) is 0 Å². The number of aromatic amines is 1. The minimum Gasteiger partial charge on any atom is -0.342 e. The molecule has 0 saturated heterocycles. The molecule has 18 heavy (non-hydrogen) atoms. The molecule has 0 aliphatic heterocycles. The third kappa shape index (κ3) is 2.58. The van der Waals surface area contributed by atoms with Crippen LogP contribution in [0.1, 0.15) is 62.4 Å². The van der Waals surface area contributed by atoms with E-state index in [1.807, 2.05) is 0 Å². The third-order valence-corrected chi connectivity index (χ3v) is 3.73. The second-order valence-electron chi connectivity index (χ2n) is 5.35. The van der Waals surface area contributed by atoms with Crippen molar-refractivity contribution in [3.05, 3.63) is 29.1 Å². The van der Waals surface area contributed by atoms with E-state index in [1.54, 1.807) is 0 Å². The molecule has 1 heterocycles. The highest BCUT2D eigenvalue weighted by Crippen LogP contribution is 2.27. The molecule has 0 bridgehead atoms. The molecule has 0 aliphatic rings. The second-order valence-corrected chi connectivity index (χ2v) is 5.35. The molecule has 1 N–H and O–H groups in total. The van der Waals surface area contributed by atoms with Crippen molar-refractivity contribution in [3.8, 4) is 0 Å². The molecule has 1 aromatic heterocycles. The van der Waals surface area contributed by atoms with Gasteiger partial charge in [-0.15, -0.1) is 0 Å². The molecule has 98 valence electrons. The maximum atomic E-state index is 4.82. The van der Waals surface area contributed by atoms with Crippen LogP contribution in [0.5, 0.6) is 0 Å². The molecule has 0 spiro atoms. The average Bonchev–Trinajstić information content (AvgIpc) is 2.74. The normalized spacial score (nSPS) is 13.1. The van der Waals surface area contributed by atoms with Gasteiger partial charge in [-0.25, -0.2) is 4.98 Å². The van der Waals surface area contributed by atoms with E-state index in [2.05, 4.69) is 44.8 Å². The van der Waals surface area contributed by atoms with Gasteiger partial charge in [-0.3, -0.25) is 0 Å². The number of fused-ring (bicyclic) bond motifs is 1. The van der Waals surface area contributed by atoms with E-state index >= 15 is 0 Å². The molecule has 0 radical (unpaired) electrons. The number of hydrogen-bond donors (Lipinski definition) is 1. The van der Waals surface area contributed by atoms with Crippen molar-refractivity contribution in [2.75, 3.05) is 0 Å². The number of unbranched alkanes of at least 4 members (excludes halogenated alkanes) is 1. The van der Waals surface area contributed by atoms with Crippen LogP contribution >= 0.6 is 0 Å².